The van der Waals surface area contributed by atoms with E-state index in [1.807, 2.05) is 36.4 Å². The second kappa shape index (κ2) is 7.30. The zero-order valence-electron chi connectivity index (χ0n) is 14.3. The van der Waals surface area contributed by atoms with Crippen molar-refractivity contribution in [2.45, 2.75) is 18.8 Å². The molecule has 6 heteroatoms. The number of hydrogen-bond donors (Lipinski definition) is 1. The van der Waals surface area contributed by atoms with Crippen LogP contribution in [0.15, 0.2) is 54.9 Å². The van der Waals surface area contributed by atoms with Gasteiger partial charge >= 0.3 is 0 Å². The number of rotatable bonds is 3. The van der Waals surface area contributed by atoms with E-state index in [4.69, 9.17) is 17.3 Å². The lowest BCUT2D eigenvalue weighted by molar-refractivity contribution is 0.503. The van der Waals surface area contributed by atoms with Crippen LogP contribution in [0.2, 0.25) is 5.02 Å². The van der Waals surface area contributed by atoms with E-state index in [9.17, 15) is 0 Å². The van der Waals surface area contributed by atoms with Crippen LogP contribution in [0.1, 0.15) is 24.3 Å². The van der Waals surface area contributed by atoms with Crippen LogP contribution in [0, 0.1) is 0 Å². The van der Waals surface area contributed by atoms with Crippen molar-refractivity contribution < 1.29 is 0 Å². The Labute approximate surface area is 157 Å². The lowest BCUT2D eigenvalue weighted by Gasteiger charge is -2.33. The Hall–Kier alpha value is -2.66. The summed E-state index contributed by atoms with van der Waals surface area (Å²) >= 11 is 6.02. The summed E-state index contributed by atoms with van der Waals surface area (Å²) in [6, 6.07) is 15.7. The smallest absolute Gasteiger partial charge is 0.228 e. The Balaban J connectivity index is 1.57. The molecule has 4 rings (SSSR count). The first-order valence-electron chi connectivity index (χ1n) is 8.74. The van der Waals surface area contributed by atoms with Crippen LogP contribution in [0.4, 0.5) is 11.6 Å². The predicted octanol–water partition coefficient (Wildman–Crippen LogP) is 4.16. The summed E-state index contributed by atoms with van der Waals surface area (Å²) in [4.78, 5) is 15.6. The van der Waals surface area contributed by atoms with Crippen molar-refractivity contribution >= 4 is 23.2 Å². The van der Waals surface area contributed by atoms with Gasteiger partial charge in [0, 0.05) is 35.3 Å². The van der Waals surface area contributed by atoms with E-state index in [-0.39, 0.29) is 0 Å². The SMILES string of the molecule is Nc1cccc(-c2ncnc(N3CCCC(c4ccc(Cl)cc4)C3)n2)c1. The molecular formula is C20H20ClN5. The minimum atomic E-state index is 0.452. The van der Waals surface area contributed by atoms with Gasteiger partial charge in [0.05, 0.1) is 0 Å². The Kier molecular flexibility index (Phi) is 4.71. The lowest BCUT2D eigenvalue weighted by Crippen LogP contribution is -2.35. The maximum Gasteiger partial charge on any atom is 0.228 e. The molecule has 1 unspecified atom stereocenters. The number of nitrogens with two attached hydrogens (primary N) is 1. The third-order valence-electron chi connectivity index (χ3n) is 4.75. The number of aromatic nitrogens is 3. The highest BCUT2D eigenvalue weighted by molar-refractivity contribution is 6.30. The highest BCUT2D eigenvalue weighted by Gasteiger charge is 2.23. The number of benzene rings is 2. The maximum absolute atomic E-state index is 6.02. The highest BCUT2D eigenvalue weighted by Crippen LogP contribution is 2.30. The molecular weight excluding hydrogens is 346 g/mol. The van der Waals surface area contributed by atoms with Gasteiger partial charge in [-0.25, -0.2) is 9.97 Å². The van der Waals surface area contributed by atoms with E-state index in [1.54, 1.807) is 6.33 Å². The van der Waals surface area contributed by atoms with Crippen molar-refractivity contribution in [3.05, 3.63) is 65.4 Å². The van der Waals surface area contributed by atoms with E-state index < -0.39 is 0 Å². The van der Waals surface area contributed by atoms with Gasteiger partial charge in [-0.3, -0.25) is 0 Å². The average Bonchev–Trinajstić information content (AvgIpc) is 2.69. The van der Waals surface area contributed by atoms with Crippen LogP contribution in [0.5, 0.6) is 0 Å². The fourth-order valence-electron chi connectivity index (χ4n) is 3.42. The molecule has 3 aromatic rings. The van der Waals surface area contributed by atoms with Gasteiger partial charge in [0.15, 0.2) is 5.82 Å². The van der Waals surface area contributed by atoms with Gasteiger partial charge in [-0.2, -0.15) is 4.98 Å². The third kappa shape index (κ3) is 3.63. The molecule has 1 aliphatic rings. The minimum absolute atomic E-state index is 0.452. The summed E-state index contributed by atoms with van der Waals surface area (Å²) in [5, 5.41) is 0.769. The number of piperidine rings is 1. The zero-order valence-corrected chi connectivity index (χ0v) is 15.1. The molecule has 1 aliphatic heterocycles. The van der Waals surface area contributed by atoms with E-state index in [1.165, 1.54) is 5.56 Å². The molecule has 0 radical (unpaired) electrons. The Morgan fingerprint density at radius 3 is 2.73 bits per heavy atom. The molecule has 1 fully saturated rings. The minimum Gasteiger partial charge on any atom is -0.399 e. The van der Waals surface area contributed by atoms with Crippen LogP contribution in [0.3, 0.4) is 0 Å². The van der Waals surface area contributed by atoms with Crippen molar-refractivity contribution in [2.75, 3.05) is 23.7 Å². The van der Waals surface area contributed by atoms with Crippen LogP contribution in [-0.4, -0.2) is 28.0 Å². The van der Waals surface area contributed by atoms with Crippen LogP contribution < -0.4 is 10.6 Å². The molecule has 1 saturated heterocycles. The summed E-state index contributed by atoms with van der Waals surface area (Å²) in [5.41, 5.74) is 8.79. The maximum atomic E-state index is 6.02. The molecule has 2 N–H and O–H groups in total. The molecule has 1 aromatic heterocycles. The quantitative estimate of drug-likeness (QED) is 0.706. The molecule has 5 nitrogen and oxygen atoms in total. The van der Waals surface area contributed by atoms with Gasteiger partial charge < -0.3 is 10.6 Å². The summed E-state index contributed by atoms with van der Waals surface area (Å²) in [7, 11) is 0. The average molecular weight is 366 g/mol. The monoisotopic (exact) mass is 365 g/mol. The van der Waals surface area contributed by atoms with Crippen molar-refractivity contribution in [3.63, 3.8) is 0 Å². The van der Waals surface area contributed by atoms with Gasteiger partial charge in [-0.15, -0.1) is 0 Å². The van der Waals surface area contributed by atoms with E-state index >= 15 is 0 Å². The lowest BCUT2D eigenvalue weighted by atomic mass is 9.91. The van der Waals surface area contributed by atoms with Crippen LogP contribution >= 0.6 is 11.6 Å². The Bertz CT molecular complexity index is 897. The van der Waals surface area contributed by atoms with Gasteiger partial charge in [0.1, 0.15) is 6.33 Å². The zero-order chi connectivity index (χ0) is 17.9. The Morgan fingerprint density at radius 1 is 1.08 bits per heavy atom. The van der Waals surface area contributed by atoms with Crippen molar-refractivity contribution in [1.82, 2.24) is 15.0 Å². The first kappa shape index (κ1) is 16.8. The largest absolute Gasteiger partial charge is 0.399 e. The summed E-state index contributed by atoms with van der Waals surface area (Å²) in [6.45, 7) is 1.84. The van der Waals surface area contributed by atoms with Crippen molar-refractivity contribution in [3.8, 4) is 11.4 Å². The molecule has 0 spiro atoms. The number of anilines is 2. The summed E-state index contributed by atoms with van der Waals surface area (Å²) in [5.74, 6) is 1.82. The number of nitrogens with zero attached hydrogens (tertiary/aromatic N) is 4. The molecule has 0 saturated carbocycles. The summed E-state index contributed by atoms with van der Waals surface area (Å²) in [6.07, 6.45) is 3.84. The molecule has 132 valence electrons. The predicted molar refractivity (Wildman–Crippen MR) is 105 cm³/mol. The van der Waals surface area contributed by atoms with Crippen LogP contribution in [-0.2, 0) is 0 Å². The third-order valence-corrected chi connectivity index (χ3v) is 5.00. The Morgan fingerprint density at radius 2 is 1.92 bits per heavy atom. The van der Waals surface area contributed by atoms with Crippen LogP contribution in [0.25, 0.3) is 11.4 Å². The molecule has 0 amide bonds. The molecule has 1 atom stereocenters. The van der Waals surface area contributed by atoms with Gasteiger partial charge in [-0.1, -0.05) is 35.9 Å². The fraction of sp³-hybridized carbons (Fsp3) is 0.250. The number of hydrogen-bond acceptors (Lipinski definition) is 5. The first-order valence-corrected chi connectivity index (χ1v) is 9.12. The van der Waals surface area contributed by atoms with E-state index in [0.29, 0.717) is 17.4 Å². The molecule has 2 aromatic carbocycles. The molecule has 0 aliphatic carbocycles. The molecule has 2 heterocycles. The topological polar surface area (TPSA) is 67.9 Å². The highest BCUT2D eigenvalue weighted by atomic mass is 35.5. The number of halogens is 1. The van der Waals surface area contributed by atoms with Gasteiger partial charge in [0.25, 0.3) is 0 Å². The second-order valence-electron chi connectivity index (χ2n) is 6.57. The van der Waals surface area contributed by atoms with Gasteiger partial charge in [0.2, 0.25) is 5.95 Å². The van der Waals surface area contributed by atoms with E-state index in [0.717, 1.165) is 42.5 Å². The number of nitrogen functional groups attached to an aromatic ring is 1. The van der Waals surface area contributed by atoms with Crippen molar-refractivity contribution in [1.29, 1.82) is 0 Å². The fourth-order valence-corrected chi connectivity index (χ4v) is 3.55. The molecule has 26 heavy (non-hydrogen) atoms. The summed E-state index contributed by atoms with van der Waals surface area (Å²) < 4.78 is 0. The first-order chi connectivity index (χ1) is 12.7. The second-order valence-corrected chi connectivity index (χ2v) is 7.01. The standard InChI is InChI=1S/C20H20ClN5/c21-17-8-6-14(7-9-17)16-4-2-10-26(12-16)20-24-13-23-19(25-20)15-3-1-5-18(22)11-15/h1,3,5-9,11,13,16H,2,4,10,12,22H2. The van der Waals surface area contributed by atoms with E-state index in [2.05, 4.69) is 32.0 Å². The normalized spacial score (nSPS) is 17.3. The molecule has 0 bridgehead atoms. The van der Waals surface area contributed by atoms with Crippen molar-refractivity contribution in [2.24, 2.45) is 0 Å². The van der Waals surface area contributed by atoms with Gasteiger partial charge in [-0.05, 0) is 42.7 Å².